The van der Waals surface area contributed by atoms with Crippen LogP contribution in [0.15, 0.2) is 0 Å². The number of fused-ring (bicyclic) bond motifs is 1. The average Bonchev–Trinajstić information content (AvgIpc) is 2.40. The molecule has 0 aromatic rings. The van der Waals surface area contributed by atoms with Crippen molar-refractivity contribution in [3.8, 4) is 0 Å². The van der Waals surface area contributed by atoms with Crippen LogP contribution in [0.5, 0.6) is 0 Å². The Morgan fingerprint density at radius 3 is 2.67 bits per heavy atom. The van der Waals surface area contributed by atoms with Crippen LogP contribution in [0.1, 0.15) is 19.8 Å². The lowest BCUT2D eigenvalue weighted by Gasteiger charge is -2.24. The molecule has 68 valence electrons. The summed E-state index contributed by atoms with van der Waals surface area (Å²) >= 11 is 0. The Morgan fingerprint density at radius 2 is 2.17 bits per heavy atom. The van der Waals surface area contributed by atoms with Crippen molar-refractivity contribution >= 4 is 9.84 Å². The zero-order valence-corrected chi connectivity index (χ0v) is 7.80. The van der Waals surface area contributed by atoms with Crippen LogP contribution in [-0.2, 0) is 14.6 Å². The highest BCUT2D eigenvalue weighted by molar-refractivity contribution is 7.92. The van der Waals surface area contributed by atoms with Crippen LogP contribution in [0, 0.1) is 5.92 Å². The Balaban J connectivity index is 2.13. The van der Waals surface area contributed by atoms with Gasteiger partial charge in [0.25, 0.3) is 0 Å². The molecule has 0 spiro atoms. The normalized spacial score (nSPS) is 59.6. The molecule has 2 bridgehead atoms. The quantitative estimate of drug-likeness (QED) is 0.551. The molecule has 3 nitrogen and oxygen atoms in total. The Bertz CT molecular complexity index is 330. The van der Waals surface area contributed by atoms with E-state index in [0.717, 1.165) is 12.8 Å². The van der Waals surface area contributed by atoms with Crippen molar-refractivity contribution in [2.24, 2.45) is 5.92 Å². The molecule has 2 saturated heterocycles. The van der Waals surface area contributed by atoms with Gasteiger partial charge in [-0.15, -0.1) is 0 Å². The smallest absolute Gasteiger partial charge is 0.156 e. The fourth-order valence-corrected chi connectivity index (χ4v) is 5.54. The van der Waals surface area contributed by atoms with Gasteiger partial charge in [0.2, 0.25) is 0 Å². The van der Waals surface area contributed by atoms with Crippen LogP contribution in [0.2, 0.25) is 0 Å². The minimum absolute atomic E-state index is 0.0266. The largest absolute Gasteiger partial charge is 0.371 e. The Morgan fingerprint density at radius 1 is 1.42 bits per heavy atom. The summed E-state index contributed by atoms with van der Waals surface area (Å²) in [6.07, 6.45) is 1.72. The van der Waals surface area contributed by atoms with Gasteiger partial charge in [-0.1, -0.05) is 0 Å². The second kappa shape index (κ2) is 1.73. The van der Waals surface area contributed by atoms with Crippen LogP contribution in [0.25, 0.3) is 0 Å². The third kappa shape index (κ3) is 0.684. The van der Waals surface area contributed by atoms with Crippen molar-refractivity contribution in [1.29, 1.82) is 0 Å². The summed E-state index contributed by atoms with van der Waals surface area (Å²) in [7, 11) is -2.79. The van der Waals surface area contributed by atoms with E-state index < -0.39 is 9.84 Å². The molecule has 1 saturated carbocycles. The summed E-state index contributed by atoms with van der Waals surface area (Å²) < 4.78 is 28.8. The SMILES string of the molecule is CC12CC3C(CS(=O)(=O)C3C1)O2. The van der Waals surface area contributed by atoms with Crippen LogP contribution >= 0.6 is 0 Å². The predicted octanol–water partition coefficient (Wildman–Crippen LogP) is 0.351. The fraction of sp³-hybridized carbons (Fsp3) is 1.00. The standard InChI is InChI=1S/C8H12O3S/c1-8-2-5-6(11-8)4-12(9,10)7(5)3-8/h5-7H,2-4H2,1H3. The van der Waals surface area contributed by atoms with Crippen LogP contribution in [0.3, 0.4) is 0 Å². The second-order valence-corrected chi connectivity index (χ2v) is 6.81. The Kier molecular flexibility index (Phi) is 1.05. The molecule has 2 heterocycles. The summed E-state index contributed by atoms with van der Waals surface area (Å²) in [5.74, 6) is 0.595. The van der Waals surface area contributed by atoms with Crippen LogP contribution in [0.4, 0.5) is 0 Å². The second-order valence-electron chi connectivity index (χ2n) is 4.55. The van der Waals surface area contributed by atoms with Crippen LogP contribution in [-0.4, -0.2) is 31.1 Å². The van der Waals surface area contributed by atoms with E-state index >= 15 is 0 Å². The van der Waals surface area contributed by atoms with Gasteiger partial charge in [-0.05, 0) is 19.8 Å². The number of hydrogen-bond donors (Lipinski definition) is 0. The molecule has 0 radical (unpaired) electrons. The molecule has 12 heavy (non-hydrogen) atoms. The van der Waals surface area contributed by atoms with Crippen molar-refractivity contribution in [2.75, 3.05) is 5.75 Å². The minimum Gasteiger partial charge on any atom is -0.371 e. The molecule has 4 atom stereocenters. The summed E-state index contributed by atoms with van der Waals surface area (Å²) in [4.78, 5) is 0. The van der Waals surface area contributed by atoms with Gasteiger partial charge in [-0.25, -0.2) is 8.42 Å². The van der Waals surface area contributed by atoms with Gasteiger partial charge in [0.15, 0.2) is 9.84 Å². The molecule has 0 aromatic carbocycles. The zero-order chi connectivity index (χ0) is 8.56. The average molecular weight is 188 g/mol. The van der Waals surface area contributed by atoms with Gasteiger partial charge in [0, 0.05) is 5.92 Å². The molecule has 3 fully saturated rings. The first-order valence-electron chi connectivity index (χ1n) is 4.40. The van der Waals surface area contributed by atoms with Crippen molar-refractivity contribution in [1.82, 2.24) is 0 Å². The van der Waals surface area contributed by atoms with Gasteiger partial charge >= 0.3 is 0 Å². The lowest BCUT2D eigenvalue weighted by molar-refractivity contribution is -0.0402. The lowest BCUT2D eigenvalue weighted by Crippen LogP contribution is -2.30. The maximum atomic E-state index is 11.5. The van der Waals surface area contributed by atoms with E-state index in [1.807, 2.05) is 6.92 Å². The maximum Gasteiger partial charge on any atom is 0.156 e. The summed E-state index contributed by atoms with van der Waals surface area (Å²) in [6.45, 7) is 2.04. The highest BCUT2D eigenvalue weighted by Gasteiger charge is 2.63. The van der Waals surface area contributed by atoms with Crippen LogP contribution < -0.4 is 0 Å². The highest BCUT2D eigenvalue weighted by Crippen LogP contribution is 2.54. The Hall–Kier alpha value is -0.0900. The molecule has 3 aliphatic rings. The van der Waals surface area contributed by atoms with Crippen molar-refractivity contribution < 1.29 is 13.2 Å². The van der Waals surface area contributed by atoms with E-state index in [1.165, 1.54) is 0 Å². The van der Waals surface area contributed by atoms with E-state index in [-0.39, 0.29) is 22.7 Å². The van der Waals surface area contributed by atoms with Gasteiger partial charge < -0.3 is 4.74 Å². The van der Waals surface area contributed by atoms with Crippen molar-refractivity contribution in [3.63, 3.8) is 0 Å². The zero-order valence-electron chi connectivity index (χ0n) is 6.99. The third-order valence-corrected chi connectivity index (χ3v) is 5.78. The monoisotopic (exact) mass is 188 g/mol. The van der Waals surface area contributed by atoms with E-state index in [4.69, 9.17) is 4.74 Å². The predicted molar refractivity (Wildman–Crippen MR) is 43.6 cm³/mol. The van der Waals surface area contributed by atoms with Gasteiger partial charge in [-0.2, -0.15) is 0 Å². The molecule has 1 aliphatic carbocycles. The van der Waals surface area contributed by atoms with E-state index in [9.17, 15) is 8.42 Å². The first-order valence-corrected chi connectivity index (χ1v) is 6.11. The molecule has 0 N–H and O–H groups in total. The topological polar surface area (TPSA) is 43.4 Å². The summed E-state index contributed by atoms with van der Waals surface area (Å²) in [5, 5.41) is -0.0683. The molecule has 2 aliphatic heterocycles. The van der Waals surface area contributed by atoms with Gasteiger partial charge in [0.1, 0.15) is 0 Å². The number of sulfone groups is 1. The molecule has 3 rings (SSSR count). The number of rotatable bonds is 0. The fourth-order valence-electron chi connectivity index (χ4n) is 3.11. The van der Waals surface area contributed by atoms with Gasteiger partial charge in [-0.3, -0.25) is 0 Å². The third-order valence-electron chi connectivity index (χ3n) is 3.55. The van der Waals surface area contributed by atoms with Crippen molar-refractivity contribution in [2.45, 2.75) is 36.7 Å². The molecular weight excluding hydrogens is 176 g/mol. The highest BCUT2D eigenvalue weighted by atomic mass is 32.2. The molecule has 4 heteroatoms. The van der Waals surface area contributed by atoms with Gasteiger partial charge in [0.05, 0.1) is 22.7 Å². The number of hydrogen-bond acceptors (Lipinski definition) is 3. The molecule has 0 amide bonds. The Labute approximate surface area is 72.0 Å². The molecule has 4 unspecified atom stereocenters. The molecular formula is C8H12O3S. The minimum atomic E-state index is -2.79. The van der Waals surface area contributed by atoms with E-state index in [2.05, 4.69) is 0 Å². The maximum absolute atomic E-state index is 11.5. The number of ether oxygens (including phenoxy) is 1. The lowest BCUT2D eigenvalue weighted by atomic mass is 10.0. The first-order chi connectivity index (χ1) is 5.50. The van der Waals surface area contributed by atoms with Crippen molar-refractivity contribution in [3.05, 3.63) is 0 Å². The summed E-state index contributed by atoms with van der Waals surface area (Å²) in [6, 6.07) is 0. The van der Waals surface area contributed by atoms with E-state index in [1.54, 1.807) is 0 Å². The summed E-state index contributed by atoms with van der Waals surface area (Å²) in [5.41, 5.74) is -0.108. The molecule has 0 aromatic heterocycles. The van der Waals surface area contributed by atoms with E-state index in [0.29, 0.717) is 5.92 Å². The first kappa shape index (κ1) is 7.33.